The van der Waals surface area contributed by atoms with E-state index in [0.717, 1.165) is 5.56 Å². The van der Waals surface area contributed by atoms with Crippen molar-refractivity contribution in [3.63, 3.8) is 0 Å². The van der Waals surface area contributed by atoms with E-state index in [-0.39, 0.29) is 24.7 Å². The first kappa shape index (κ1) is 17.4. The zero-order valence-electron chi connectivity index (χ0n) is 14.8. The van der Waals surface area contributed by atoms with Gasteiger partial charge in [0.25, 0.3) is 5.91 Å². The van der Waals surface area contributed by atoms with Gasteiger partial charge >= 0.3 is 0 Å². The molecular formula is C18H23N3O4. The van der Waals surface area contributed by atoms with Crippen molar-refractivity contribution in [1.82, 2.24) is 15.1 Å². The molecule has 2 aromatic rings. The zero-order chi connectivity index (χ0) is 17.8. The van der Waals surface area contributed by atoms with Crippen LogP contribution in [0.4, 0.5) is 0 Å². The Hall–Kier alpha value is -2.41. The Kier molecular flexibility index (Phi) is 5.33. The first-order chi connectivity index (χ1) is 12.0. The van der Waals surface area contributed by atoms with Gasteiger partial charge in [-0.15, -0.1) is 10.2 Å². The quantitative estimate of drug-likeness (QED) is 0.827. The van der Waals surface area contributed by atoms with Gasteiger partial charge in [0.2, 0.25) is 11.8 Å². The van der Waals surface area contributed by atoms with Crippen LogP contribution >= 0.6 is 0 Å². The van der Waals surface area contributed by atoms with Gasteiger partial charge < -0.3 is 18.8 Å². The second-order valence-corrected chi connectivity index (χ2v) is 6.22. The Morgan fingerprint density at radius 3 is 2.48 bits per heavy atom. The molecule has 1 saturated heterocycles. The van der Waals surface area contributed by atoms with Crippen LogP contribution in [0.3, 0.4) is 0 Å². The maximum atomic E-state index is 12.3. The molecule has 0 N–H and O–H groups in total. The molecule has 0 bridgehead atoms. The largest absolute Gasteiger partial charge is 0.484 e. The molecular weight excluding hydrogens is 322 g/mol. The summed E-state index contributed by atoms with van der Waals surface area (Å²) < 4.78 is 16.8. The Morgan fingerprint density at radius 1 is 1.20 bits per heavy atom. The predicted octanol–water partition coefficient (Wildman–Crippen LogP) is 2.31. The van der Waals surface area contributed by atoms with E-state index in [1.165, 1.54) is 0 Å². The topological polar surface area (TPSA) is 77.7 Å². The molecule has 1 aliphatic rings. The lowest BCUT2D eigenvalue weighted by Gasteiger charge is -2.35. The molecule has 2 atom stereocenters. The highest BCUT2D eigenvalue weighted by Crippen LogP contribution is 2.21. The molecule has 1 fully saturated rings. The Morgan fingerprint density at radius 2 is 1.88 bits per heavy atom. The van der Waals surface area contributed by atoms with Crippen molar-refractivity contribution in [2.75, 3.05) is 19.7 Å². The fourth-order valence-corrected chi connectivity index (χ4v) is 2.82. The highest BCUT2D eigenvalue weighted by atomic mass is 16.5. The third kappa shape index (κ3) is 4.36. The van der Waals surface area contributed by atoms with E-state index in [1.807, 2.05) is 32.9 Å². The van der Waals surface area contributed by atoms with E-state index in [9.17, 15) is 4.79 Å². The lowest BCUT2D eigenvalue weighted by molar-refractivity contribution is -0.145. The summed E-state index contributed by atoms with van der Waals surface area (Å²) in [6.07, 6.45) is 0.804. The normalized spacial score (nSPS) is 20.5. The van der Waals surface area contributed by atoms with Crippen molar-refractivity contribution < 1.29 is 18.7 Å². The Labute approximate surface area is 146 Å². The molecule has 1 aliphatic heterocycles. The Bertz CT molecular complexity index is 703. The molecule has 2 heterocycles. The van der Waals surface area contributed by atoms with Gasteiger partial charge in [0.05, 0.1) is 12.2 Å². The van der Waals surface area contributed by atoms with Crippen molar-refractivity contribution >= 4 is 5.91 Å². The van der Waals surface area contributed by atoms with E-state index in [1.54, 1.807) is 17.0 Å². The van der Waals surface area contributed by atoms with Crippen LogP contribution in [0.25, 0.3) is 11.5 Å². The van der Waals surface area contributed by atoms with Gasteiger partial charge in [-0.25, -0.2) is 0 Å². The van der Waals surface area contributed by atoms with Gasteiger partial charge in [0.15, 0.2) is 6.61 Å². The molecule has 7 nitrogen and oxygen atoms in total. The number of nitrogens with zero attached hydrogens (tertiary/aromatic N) is 3. The average Bonchev–Trinajstić information content (AvgIpc) is 3.08. The summed E-state index contributed by atoms with van der Waals surface area (Å²) in [5, 5.41) is 7.96. The second kappa shape index (κ2) is 7.65. The predicted molar refractivity (Wildman–Crippen MR) is 91.2 cm³/mol. The van der Waals surface area contributed by atoms with Gasteiger partial charge in [0.1, 0.15) is 5.75 Å². The van der Waals surface area contributed by atoms with Crippen molar-refractivity contribution in [1.29, 1.82) is 0 Å². The van der Waals surface area contributed by atoms with Crippen LogP contribution in [0, 0.1) is 0 Å². The van der Waals surface area contributed by atoms with Gasteiger partial charge in [-0.05, 0) is 38.1 Å². The van der Waals surface area contributed by atoms with Gasteiger partial charge in [-0.3, -0.25) is 4.79 Å². The monoisotopic (exact) mass is 345 g/mol. The summed E-state index contributed by atoms with van der Waals surface area (Å²) in [7, 11) is 0. The number of morpholine rings is 1. The first-order valence-electron chi connectivity index (χ1n) is 8.54. The summed E-state index contributed by atoms with van der Waals surface area (Å²) in [5.41, 5.74) is 0.821. The molecule has 0 aliphatic carbocycles. The lowest BCUT2D eigenvalue weighted by atomic mass is 10.2. The standard InChI is InChI=1S/C18H23N3O4/c1-4-16-19-20-18(25-16)14-5-7-15(8-6-14)23-11-17(22)21-9-12(2)24-13(3)10-21/h5-8,12-13H,4,9-11H2,1-3H3. The van der Waals surface area contributed by atoms with Crippen LogP contribution < -0.4 is 4.74 Å². The molecule has 25 heavy (non-hydrogen) atoms. The number of benzene rings is 1. The number of aryl methyl sites for hydroxylation is 1. The first-order valence-corrected chi connectivity index (χ1v) is 8.54. The molecule has 2 unspecified atom stereocenters. The molecule has 1 aromatic carbocycles. The fourth-order valence-electron chi connectivity index (χ4n) is 2.82. The molecule has 1 aromatic heterocycles. The molecule has 0 radical (unpaired) electrons. The van der Waals surface area contributed by atoms with Crippen LogP contribution in [0.2, 0.25) is 0 Å². The van der Waals surface area contributed by atoms with E-state index in [0.29, 0.717) is 37.0 Å². The minimum atomic E-state index is -0.0319. The number of hydrogen-bond acceptors (Lipinski definition) is 6. The summed E-state index contributed by atoms with van der Waals surface area (Å²) in [5.74, 6) is 1.68. The fraction of sp³-hybridized carbons (Fsp3) is 0.500. The molecule has 1 amide bonds. The van der Waals surface area contributed by atoms with Crippen LogP contribution in [0.5, 0.6) is 5.75 Å². The van der Waals surface area contributed by atoms with Crippen LogP contribution in [-0.4, -0.2) is 52.9 Å². The average molecular weight is 345 g/mol. The molecule has 0 spiro atoms. The molecule has 7 heteroatoms. The van der Waals surface area contributed by atoms with E-state index in [2.05, 4.69) is 10.2 Å². The molecule has 0 saturated carbocycles. The molecule has 134 valence electrons. The number of carbonyl (C=O) groups is 1. The highest BCUT2D eigenvalue weighted by molar-refractivity contribution is 5.78. The van der Waals surface area contributed by atoms with Crippen molar-refractivity contribution in [2.24, 2.45) is 0 Å². The number of amides is 1. The highest BCUT2D eigenvalue weighted by Gasteiger charge is 2.25. The summed E-state index contributed by atoms with van der Waals surface area (Å²) in [4.78, 5) is 14.1. The SMILES string of the molecule is CCc1nnc(-c2ccc(OCC(=O)N3CC(C)OC(C)C3)cc2)o1. The van der Waals surface area contributed by atoms with Crippen LogP contribution in [-0.2, 0) is 16.0 Å². The van der Waals surface area contributed by atoms with Crippen LogP contribution in [0.15, 0.2) is 28.7 Å². The number of ether oxygens (including phenoxy) is 2. The van der Waals surface area contributed by atoms with Crippen molar-refractivity contribution in [2.45, 2.75) is 39.4 Å². The molecule has 3 rings (SSSR count). The van der Waals surface area contributed by atoms with E-state index < -0.39 is 0 Å². The van der Waals surface area contributed by atoms with Gasteiger partial charge in [-0.1, -0.05) is 6.92 Å². The van der Waals surface area contributed by atoms with E-state index >= 15 is 0 Å². The summed E-state index contributed by atoms with van der Waals surface area (Å²) in [6.45, 7) is 7.11. The minimum absolute atomic E-state index is 0.0132. The lowest BCUT2D eigenvalue weighted by Crippen LogP contribution is -2.49. The van der Waals surface area contributed by atoms with Gasteiger partial charge in [0, 0.05) is 25.1 Å². The number of rotatable bonds is 5. The van der Waals surface area contributed by atoms with Crippen molar-refractivity contribution in [3.8, 4) is 17.2 Å². The van der Waals surface area contributed by atoms with E-state index in [4.69, 9.17) is 13.9 Å². The number of hydrogen-bond donors (Lipinski definition) is 0. The smallest absolute Gasteiger partial charge is 0.260 e. The third-order valence-electron chi connectivity index (χ3n) is 4.01. The summed E-state index contributed by atoms with van der Waals surface area (Å²) >= 11 is 0. The van der Waals surface area contributed by atoms with Crippen molar-refractivity contribution in [3.05, 3.63) is 30.2 Å². The number of carbonyl (C=O) groups excluding carboxylic acids is 1. The van der Waals surface area contributed by atoms with Gasteiger partial charge in [-0.2, -0.15) is 0 Å². The maximum absolute atomic E-state index is 12.3. The minimum Gasteiger partial charge on any atom is -0.484 e. The summed E-state index contributed by atoms with van der Waals surface area (Å²) in [6, 6.07) is 7.27. The second-order valence-electron chi connectivity index (χ2n) is 6.22. The zero-order valence-corrected chi connectivity index (χ0v) is 14.8. The number of aromatic nitrogens is 2. The van der Waals surface area contributed by atoms with Crippen LogP contribution in [0.1, 0.15) is 26.7 Å². The maximum Gasteiger partial charge on any atom is 0.260 e. The Balaban J connectivity index is 1.55. The third-order valence-corrected chi connectivity index (χ3v) is 4.01.